The van der Waals surface area contributed by atoms with Gasteiger partial charge in [0.15, 0.2) is 0 Å². The standard InChI is InChI=1S/C16H27N3S/c1-14-12-17-7-10-19(14)15(16-6-5-11-20-16)13-18-8-3-2-4-9-18/h5-6,11,14-15,17H,2-4,7-10,12-13H2,1H3. The molecule has 0 saturated carbocycles. The molecule has 1 aromatic heterocycles. The van der Waals surface area contributed by atoms with Gasteiger partial charge in [-0.25, -0.2) is 0 Å². The van der Waals surface area contributed by atoms with Gasteiger partial charge in [0.25, 0.3) is 0 Å². The maximum absolute atomic E-state index is 3.52. The van der Waals surface area contributed by atoms with Gasteiger partial charge in [-0.05, 0) is 44.3 Å². The molecule has 2 saturated heterocycles. The molecule has 0 aromatic carbocycles. The Balaban J connectivity index is 1.73. The maximum atomic E-state index is 3.52. The number of hydrogen-bond donors (Lipinski definition) is 1. The molecule has 112 valence electrons. The van der Waals surface area contributed by atoms with E-state index in [2.05, 4.69) is 39.6 Å². The highest BCUT2D eigenvalue weighted by Crippen LogP contribution is 2.29. The van der Waals surface area contributed by atoms with E-state index in [1.807, 2.05) is 11.3 Å². The molecule has 2 aliphatic rings. The van der Waals surface area contributed by atoms with Crippen molar-refractivity contribution in [3.8, 4) is 0 Å². The summed E-state index contributed by atoms with van der Waals surface area (Å²) in [6.07, 6.45) is 4.19. The lowest BCUT2D eigenvalue weighted by Crippen LogP contribution is -2.53. The number of piperazine rings is 1. The first-order valence-electron chi connectivity index (χ1n) is 8.07. The fraction of sp³-hybridized carbons (Fsp3) is 0.750. The first kappa shape index (κ1) is 14.5. The summed E-state index contributed by atoms with van der Waals surface area (Å²) < 4.78 is 0. The third-order valence-corrected chi connectivity index (χ3v) is 5.68. The normalized spacial score (nSPS) is 27.6. The lowest BCUT2D eigenvalue weighted by molar-refractivity contribution is 0.0798. The van der Waals surface area contributed by atoms with E-state index in [9.17, 15) is 0 Å². The highest BCUT2D eigenvalue weighted by molar-refractivity contribution is 7.10. The number of nitrogens with zero attached hydrogens (tertiary/aromatic N) is 2. The maximum Gasteiger partial charge on any atom is 0.0572 e. The highest BCUT2D eigenvalue weighted by atomic mass is 32.1. The molecule has 0 radical (unpaired) electrons. The van der Waals surface area contributed by atoms with E-state index in [1.54, 1.807) is 4.88 Å². The van der Waals surface area contributed by atoms with Crippen LogP contribution in [-0.2, 0) is 0 Å². The van der Waals surface area contributed by atoms with Crippen molar-refractivity contribution in [2.75, 3.05) is 39.3 Å². The van der Waals surface area contributed by atoms with E-state index in [0.717, 1.165) is 13.1 Å². The van der Waals surface area contributed by atoms with Crippen LogP contribution < -0.4 is 5.32 Å². The van der Waals surface area contributed by atoms with Crippen LogP contribution in [0.1, 0.15) is 37.1 Å². The van der Waals surface area contributed by atoms with Gasteiger partial charge in [-0.3, -0.25) is 4.90 Å². The fourth-order valence-electron chi connectivity index (χ4n) is 3.55. The minimum atomic E-state index is 0.588. The molecule has 3 rings (SSSR count). The van der Waals surface area contributed by atoms with E-state index in [1.165, 1.54) is 45.4 Å². The predicted molar refractivity (Wildman–Crippen MR) is 86.4 cm³/mol. The van der Waals surface area contributed by atoms with Crippen molar-refractivity contribution in [2.24, 2.45) is 0 Å². The van der Waals surface area contributed by atoms with Gasteiger partial charge < -0.3 is 10.2 Å². The zero-order valence-electron chi connectivity index (χ0n) is 12.6. The summed E-state index contributed by atoms with van der Waals surface area (Å²) in [6, 6.07) is 5.76. The van der Waals surface area contributed by atoms with Crippen LogP contribution in [0.15, 0.2) is 17.5 Å². The van der Waals surface area contributed by atoms with Crippen LogP contribution >= 0.6 is 11.3 Å². The molecule has 0 aliphatic carbocycles. The Morgan fingerprint density at radius 2 is 2.15 bits per heavy atom. The third kappa shape index (κ3) is 3.42. The van der Waals surface area contributed by atoms with Gasteiger partial charge in [0.05, 0.1) is 6.04 Å². The van der Waals surface area contributed by atoms with E-state index in [0.29, 0.717) is 12.1 Å². The molecule has 1 aromatic rings. The number of hydrogen-bond acceptors (Lipinski definition) is 4. The summed E-state index contributed by atoms with van der Waals surface area (Å²) in [5.41, 5.74) is 0. The van der Waals surface area contributed by atoms with Gasteiger partial charge in [0, 0.05) is 37.1 Å². The largest absolute Gasteiger partial charge is 0.314 e. The molecule has 3 heterocycles. The third-order valence-electron chi connectivity index (χ3n) is 4.70. The van der Waals surface area contributed by atoms with Gasteiger partial charge >= 0.3 is 0 Å². The zero-order valence-corrected chi connectivity index (χ0v) is 13.4. The summed E-state index contributed by atoms with van der Waals surface area (Å²) >= 11 is 1.93. The number of piperidine rings is 1. The predicted octanol–water partition coefficient (Wildman–Crippen LogP) is 2.57. The quantitative estimate of drug-likeness (QED) is 0.920. The molecule has 2 unspecified atom stereocenters. The van der Waals surface area contributed by atoms with Crippen LogP contribution in [0.3, 0.4) is 0 Å². The topological polar surface area (TPSA) is 18.5 Å². The van der Waals surface area contributed by atoms with Crippen LogP contribution in [0.2, 0.25) is 0 Å². The van der Waals surface area contributed by atoms with Crippen molar-refractivity contribution in [1.82, 2.24) is 15.1 Å². The average Bonchev–Trinajstić information content (AvgIpc) is 3.01. The number of thiophene rings is 1. The lowest BCUT2D eigenvalue weighted by Gasteiger charge is -2.42. The van der Waals surface area contributed by atoms with Crippen LogP contribution in [0.5, 0.6) is 0 Å². The Morgan fingerprint density at radius 3 is 2.85 bits per heavy atom. The molecule has 4 heteroatoms. The number of nitrogens with one attached hydrogen (secondary N) is 1. The monoisotopic (exact) mass is 293 g/mol. The van der Waals surface area contributed by atoms with Gasteiger partial charge in [0.2, 0.25) is 0 Å². The SMILES string of the molecule is CC1CNCCN1C(CN1CCCCC1)c1cccs1. The summed E-state index contributed by atoms with van der Waals surface area (Å²) in [5.74, 6) is 0. The molecule has 3 nitrogen and oxygen atoms in total. The fourth-order valence-corrected chi connectivity index (χ4v) is 4.38. The van der Waals surface area contributed by atoms with Crippen molar-refractivity contribution in [3.05, 3.63) is 22.4 Å². The Hall–Kier alpha value is -0.420. The van der Waals surface area contributed by atoms with Crippen LogP contribution in [-0.4, -0.2) is 55.1 Å². The molecular formula is C16H27N3S. The molecule has 20 heavy (non-hydrogen) atoms. The molecule has 0 amide bonds. The summed E-state index contributed by atoms with van der Waals surface area (Å²) in [5, 5.41) is 5.74. The summed E-state index contributed by atoms with van der Waals surface area (Å²) in [4.78, 5) is 6.95. The van der Waals surface area contributed by atoms with Gasteiger partial charge in [-0.2, -0.15) is 0 Å². The Morgan fingerprint density at radius 1 is 1.30 bits per heavy atom. The van der Waals surface area contributed by atoms with Crippen LogP contribution in [0, 0.1) is 0 Å². The van der Waals surface area contributed by atoms with Crippen molar-refractivity contribution in [2.45, 2.75) is 38.3 Å². The van der Waals surface area contributed by atoms with Crippen molar-refractivity contribution in [3.63, 3.8) is 0 Å². The van der Waals surface area contributed by atoms with Crippen molar-refractivity contribution < 1.29 is 0 Å². The van der Waals surface area contributed by atoms with Gasteiger partial charge in [-0.15, -0.1) is 11.3 Å². The molecule has 0 spiro atoms. The smallest absolute Gasteiger partial charge is 0.0572 e. The molecule has 1 N–H and O–H groups in total. The first-order chi connectivity index (χ1) is 9.84. The minimum absolute atomic E-state index is 0.588. The molecular weight excluding hydrogens is 266 g/mol. The Labute approximate surface area is 127 Å². The second-order valence-corrected chi connectivity index (χ2v) is 7.16. The second kappa shape index (κ2) is 7.03. The van der Waals surface area contributed by atoms with Crippen LogP contribution in [0.4, 0.5) is 0 Å². The Bertz CT molecular complexity index is 386. The van der Waals surface area contributed by atoms with E-state index in [4.69, 9.17) is 0 Å². The average molecular weight is 293 g/mol. The molecule has 2 aliphatic heterocycles. The second-order valence-electron chi connectivity index (χ2n) is 6.18. The lowest BCUT2D eigenvalue weighted by atomic mass is 10.1. The van der Waals surface area contributed by atoms with Crippen LogP contribution in [0.25, 0.3) is 0 Å². The van der Waals surface area contributed by atoms with Crippen molar-refractivity contribution in [1.29, 1.82) is 0 Å². The highest BCUT2D eigenvalue weighted by Gasteiger charge is 2.29. The molecule has 2 atom stereocenters. The minimum Gasteiger partial charge on any atom is -0.314 e. The molecule has 2 fully saturated rings. The van der Waals surface area contributed by atoms with Gasteiger partial charge in [0.1, 0.15) is 0 Å². The molecule has 0 bridgehead atoms. The number of rotatable bonds is 4. The Kier molecular flexibility index (Phi) is 5.10. The zero-order chi connectivity index (χ0) is 13.8. The van der Waals surface area contributed by atoms with E-state index >= 15 is 0 Å². The first-order valence-corrected chi connectivity index (χ1v) is 8.95. The summed E-state index contributed by atoms with van der Waals surface area (Å²) in [7, 11) is 0. The van der Waals surface area contributed by atoms with E-state index < -0.39 is 0 Å². The van der Waals surface area contributed by atoms with E-state index in [-0.39, 0.29) is 0 Å². The van der Waals surface area contributed by atoms with Crippen molar-refractivity contribution >= 4 is 11.3 Å². The summed E-state index contributed by atoms with van der Waals surface area (Å²) in [6.45, 7) is 9.60. The number of likely N-dealkylation sites (tertiary alicyclic amines) is 1. The van der Waals surface area contributed by atoms with Gasteiger partial charge in [-0.1, -0.05) is 12.5 Å².